The van der Waals surface area contributed by atoms with Crippen molar-refractivity contribution in [1.82, 2.24) is 9.29 Å². The maximum atomic E-state index is 6.39. The van der Waals surface area contributed by atoms with Crippen molar-refractivity contribution in [1.29, 1.82) is 0 Å². The molecule has 5 heteroatoms. The quantitative estimate of drug-likeness (QED) is 0.542. The summed E-state index contributed by atoms with van der Waals surface area (Å²) in [6.07, 6.45) is 4.33. The van der Waals surface area contributed by atoms with Crippen molar-refractivity contribution in [3.05, 3.63) is 71.9 Å². The van der Waals surface area contributed by atoms with Gasteiger partial charge in [-0.15, -0.1) is 0 Å². The zero-order valence-corrected chi connectivity index (χ0v) is 16.0. The van der Waals surface area contributed by atoms with Crippen molar-refractivity contribution in [3.63, 3.8) is 0 Å². The normalized spacial score (nSPS) is 14.7. The van der Waals surface area contributed by atoms with E-state index in [1.807, 2.05) is 24.4 Å². The van der Waals surface area contributed by atoms with E-state index >= 15 is 0 Å². The summed E-state index contributed by atoms with van der Waals surface area (Å²) in [6.45, 7) is 6.43. The Hall–Kier alpha value is -2.01. The fraction of sp³-hybridized carbons (Fsp3) is 0.190. The van der Waals surface area contributed by atoms with Crippen LogP contribution in [-0.4, -0.2) is 22.4 Å². The van der Waals surface area contributed by atoms with E-state index in [2.05, 4.69) is 51.5 Å². The Kier molecular flexibility index (Phi) is 5.16. The van der Waals surface area contributed by atoms with Crippen LogP contribution >= 0.6 is 23.5 Å². The third-order valence-electron chi connectivity index (χ3n) is 4.47. The summed E-state index contributed by atoms with van der Waals surface area (Å²) in [5, 5.41) is 5.31. The molecule has 0 amide bonds. The van der Waals surface area contributed by atoms with E-state index in [1.54, 1.807) is 11.9 Å². The van der Waals surface area contributed by atoms with Gasteiger partial charge in [0.15, 0.2) is 0 Å². The van der Waals surface area contributed by atoms with Crippen LogP contribution in [0.3, 0.4) is 0 Å². The Balaban J connectivity index is 1.52. The zero-order valence-electron chi connectivity index (χ0n) is 14.4. The first-order chi connectivity index (χ1) is 12.7. The summed E-state index contributed by atoms with van der Waals surface area (Å²) >= 11 is 8.13. The Labute approximate surface area is 163 Å². The standard InChI is InChI=1S/C21H20ClN3S/c1-15(17-7-6-16-5-4-10-23-20(16)13-17)24-18-8-9-19(22)21(14-18)26-25-11-2-3-12-25/h4-10,13-14,24H,1-3,11-12H2. The number of hydrogen-bond donors (Lipinski definition) is 1. The third-order valence-corrected chi connectivity index (χ3v) is 6.07. The number of anilines is 1. The van der Waals surface area contributed by atoms with Crippen molar-refractivity contribution in [2.45, 2.75) is 17.7 Å². The van der Waals surface area contributed by atoms with E-state index in [9.17, 15) is 0 Å². The predicted molar refractivity (Wildman–Crippen MR) is 113 cm³/mol. The molecule has 1 N–H and O–H groups in total. The smallest absolute Gasteiger partial charge is 0.0708 e. The van der Waals surface area contributed by atoms with Gasteiger partial charge in [0.1, 0.15) is 0 Å². The van der Waals surface area contributed by atoms with Crippen molar-refractivity contribution in [3.8, 4) is 0 Å². The number of aromatic nitrogens is 1. The highest BCUT2D eigenvalue weighted by Crippen LogP contribution is 2.34. The first-order valence-electron chi connectivity index (χ1n) is 8.72. The van der Waals surface area contributed by atoms with Gasteiger partial charge in [-0.2, -0.15) is 0 Å². The van der Waals surface area contributed by atoms with Gasteiger partial charge in [-0.1, -0.05) is 36.4 Å². The molecule has 2 heterocycles. The predicted octanol–water partition coefficient (Wildman–Crippen LogP) is 6.07. The minimum absolute atomic E-state index is 0.785. The number of pyridine rings is 1. The molecular formula is C21H20ClN3S. The summed E-state index contributed by atoms with van der Waals surface area (Å²) < 4.78 is 2.37. The lowest BCUT2D eigenvalue weighted by atomic mass is 10.1. The van der Waals surface area contributed by atoms with Gasteiger partial charge < -0.3 is 5.32 Å². The zero-order chi connectivity index (χ0) is 17.9. The summed E-state index contributed by atoms with van der Waals surface area (Å²) in [5.41, 5.74) is 3.83. The highest BCUT2D eigenvalue weighted by Gasteiger charge is 2.15. The number of rotatable bonds is 5. The largest absolute Gasteiger partial charge is 0.355 e. The molecule has 132 valence electrons. The van der Waals surface area contributed by atoms with Gasteiger partial charge in [-0.05, 0) is 60.7 Å². The molecule has 1 fully saturated rings. The van der Waals surface area contributed by atoms with Gasteiger partial charge in [-0.25, -0.2) is 4.31 Å². The molecular weight excluding hydrogens is 362 g/mol. The van der Waals surface area contributed by atoms with Crippen LogP contribution in [0.4, 0.5) is 5.69 Å². The number of hydrogen-bond acceptors (Lipinski definition) is 4. The molecule has 3 nitrogen and oxygen atoms in total. The van der Waals surface area contributed by atoms with E-state index in [-0.39, 0.29) is 0 Å². The van der Waals surface area contributed by atoms with Gasteiger partial charge in [0.05, 0.1) is 10.5 Å². The first-order valence-corrected chi connectivity index (χ1v) is 9.88. The van der Waals surface area contributed by atoms with Gasteiger partial charge in [0.25, 0.3) is 0 Å². The molecule has 3 aromatic rings. The molecule has 1 aliphatic heterocycles. The molecule has 0 bridgehead atoms. The molecule has 0 spiro atoms. The second-order valence-corrected chi connectivity index (χ2v) is 7.93. The molecule has 1 aromatic heterocycles. The van der Waals surface area contributed by atoms with Crippen LogP contribution < -0.4 is 5.32 Å². The number of nitrogens with one attached hydrogen (secondary N) is 1. The van der Waals surface area contributed by atoms with Crippen LogP contribution in [0.15, 0.2) is 66.2 Å². The molecule has 0 saturated carbocycles. The fourth-order valence-corrected chi connectivity index (χ4v) is 4.35. The van der Waals surface area contributed by atoms with Gasteiger partial charge in [-0.3, -0.25) is 4.98 Å². The van der Waals surface area contributed by atoms with Gasteiger partial charge in [0, 0.05) is 41.0 Å². The first kappa shape index (κ1) is 17.4. The van der Waals surface area contributed by atoms with Crippen molar-refractivity contribution in [2.75, 3.05) is 18.4 Å². The number of halogens is 1. The van der Waals surface area contributed by atoms with E-state index in [1.165, 1.54) is 12.8 Å². The molecule has 1 aliphatic rings. The highest BCUT2D eigenvalue weighted by atomic mass is 35.5. The summed E-state index contributed by atoms with van der Waals surface area (Å²) in [6, 6.07) is 16.2. The number of benzene rings is 2. The molecule has 0 unspecified atom stereocenters. The van der Waals surface area contributed by atoms with Crippen molar-refractivity contribution >= 4 is 45.8 Å². The van der Waals surface area contributed by atoms with Crippen LogP contribution in [0.25, 0.3) is 16.6 Å². The second-order valence-electron chi connectivity index (χ2n) is 6.39. The van der Waals surface area contributed by atoms with Crippen LogP contribution in [0, 0.1) is 0 Å². The minimum Gasteiger partial charge on any atom is -0.355 e. The molecule has 4 rings (SSSR count). The monoisotopic (exact) mass is 381 g/mol. The molecule has 0 atom stereocenters. The Bertz CT molecular complexity index is 951. The van der Waals surface area contributed by atoms with E-state index in [0.29, 0.717) is 0 Å². The number of fused-ring (bicyclic) bond motifs is 1. The van der Waals surface area contributed by atoms with E-state index < -0.39 is 0 Å². The fourth-order valence-electron chi connectivity index (χ4n) is 3.07. The Morgan fingerprint density at radius 2 is 1.96 bits per heavy atom. The maximum Gasteiger partial charge on any atom is 0.0708 e. The van der Waals surface area contributed by atoms with Crippen molar-refractivity contribution < 1.29 is 0 Å². The number of nitrogens with zero attached hydrogens (tertiary/aromatic N) is 2. The van der Waals surface area contributed by atoms with Crippen LogP contribution in [0.1, 0.15) is 18.4 Å². The summed E-state index contributed by atoms with van der Waals surface area (Å²) in [5.74, 6) is 0. The second kappa shape index (κ2) is 7.70. The third kappa shape index (κ3) is 3.88. The van der Waals surface area contributed by atoms with Gasteiger partial charge >= 0.3 is 0 Å². The molecule has 0 radical (unpaired) electrons. The van der Waals surface area contributed by atoms with E-state index in [4.69, 9.17) is 11.6 Å². The average Bonchev–Trinajstić information content (AvgIpc) is 3.17. The lowest BCUT2D eigenvalue weighted by molar-refractivity contribution is 0.586. The molecule has 26 heavy (non-hydrogen) atoms. The lowest BCUT2D eigenvalue weighted by Gasteiger charge is -2.16. The SMILES string of the molecule is C=C(Nc1ccc(Cl)c(SN2CCCC2)c1)c1ccc2cccnc2c1. The molecule has 1 saturated heterocycles. The van der Waals surface area contributed by atoms with Crippen LogP contribution in [-0.2, 0) is 0 Å². The topological polar surface area (TPSA) is 28.2 Å². The average molecular weight is 382 g/mol. The van der Waals surface area contributed by atoms with Crippen molar-refractivity contribution in [2.24, 2.45) is 0 Å². The Morgan fingerprint density at radius 1 is 1.12 bits per heavy atom. The maximum absolute atomic E-state index is 6.39. The molecule has 0 aliphatic carbocycles. The highest BCUT2D eigenvalue weighted by molar-refractivity contribution is 7.97. The van der Waals surface area contributed by atoms with Crippen LogP contribution in [0.5, 0.6) is 0 Å². The minimum atomic E-state index is 0.785. The summed E-state index contributed by atoms with van der Waals surface area (Å²) in [7, 11) is 0. The lowest BCUT2D eigenvalue weighted by Crippen LogP contribution is -2.08. The Morgan fingerprint density at radius 3 is 2.81 bits per heavy atom. The summed E-state index contributed by atoms with van der Waals surface area (Å²) in [4.78, 5) is 5.49. The molecule has 2 aromatic carbocycles. The van der Waals surface area contributed by atoms with Crippen LogP contribution in [0.2, 0.25) is 5.02 Å². The van der Waals surface area contributed by atoms with Gasteiger partial charge in [0.2, 0.25) is 0 Å². The van der Waals surface area contributed by atoms with E-state index in [0.717, 1.165) is 50.9 Å².